The van der Waals surface area contributed by atoms with Gasteiger partial charge in [0, 0.05) is 5.92 Å². The van der Waals surface area contributed by atoms with Crippen LogP contribution in [-0.4, -0.2) is 134 Å². The zero-order valence-electron chi connectivity index (χ0n) is 26.1. The Morgan fingerprint density at radius 2 is 1.44 bits per heavy atom. The highest BCUT2D eigenvalue weighted by Crippen LogP contribution is 2.38. The average Bonchev–Trinajstić information content (AvgIpc) is 3.09. The Kier molecular flexibility index (Phi) is 11.8. The number of para-hydroxylation sites is 1. The summed E-state index contributed by atoms with van der Waals surface area (Å²) in [6.45, 7) is 0.193. The molecular formula is C32H41NO15. The SMILES string of the molecule is CON(OC1O[C@H](CO)[C@@H](O[C@@H]2O[C@H](CO)[C@H](O)[C@H](O)[C@H]2O)[C@H](O)[C@H]1O)C(C)CC(c1ccccc1)c1c(O)c2ccccc2oc1=O. The van der Waals surface area contributed by atoms with Crippen LogP contribution >= 0.6 is 0 Å². The first-order chi connectivity index (χ1) is 23.0. The van der Waals surface area contributed by atoms with E-state index in [0.717, 1.165) is 5.23 Å². The minimum Gasteiger partial charge on any atom is -0.507 e. The predicted octanol–water partition coefficient (Wildman–Crippen LogP) is -1.17. The van der Waals surface area contributed by atoms with Gasteiger partial charge in [0.15, 0.2) is 6.29 Å². The van der Waals surface area contributed by atoms with Gasteiger partial charge in [-0.15, -0.1) is 0 Å². The van der Waals surface area contributed by atoms with Crippen LogP contribution in [0, 0.1) is 0 Å². The maximum Gasteiger partial charge on any atom is 0.343 e. The summed E-state index contributed by atoms with van der Waals surface area (Å²) in [4.78, 5) is 24.5. The normalized spacial score (nSPS) is 32.4. The number of hydrogen-bond donors (Lipinski definition) is 8. The molecule has 0 amide bonds. The molecule has 3 heterocycles. The van der Waals surface area contributed by atoms with Gasteiger partial charge in [-0.1, -0.05) is 47.7 Å². The number of fused-ring (bicyclic) bond motifs is 1. The summed E-state index contributed by atoms with van der Waals surface area (Å²) < 4.78 is 22.2. The first-order valence-corrected chi connectivity index (χ1v) is 15.4. The molecule has 3 unspecified atom stereocenters. The fourth-order valence-electron chi connectivity index (χ4n) is 6.06. The number of aliphatic hydroxyl groups excluding tert-OH is 7. The second-order valence-electron chi connectivity index (χ2n) is 11.8. The second-order valence-corrected chi connectivity index (χ2v) is 11.8. The average molecular weight is 680 g/mol. The molecule has 264 valence electrons. The molecule has 3 aromatic rings. The monoisotopic (exact) mass is 679 g/mol. The number of benzene rings is 2. The van der Waals surface area contributed by atoms with Gasteiger partial charge in [0.05, 0.1) is 37.3 Å². The molecule has 2 fully saturated rings. The van der Waals surface area contributed by atoms with Crippen LogP contribution in [0.25, 0.3) is 11.0 Å². The molecule has 16 nitrogen and oxygen atoms in total. The Morgan fingerprint density at radius 3 is 2.10 bits per heavy atom. The van der Waals surface area contributed by atoms with Crippen LogP contribution < -0.4 is 5.63 Å². The van der Waals surface area contributed by atoms with E-state index >= 15 is 0 Å². The van der Waals surface area contributed by atoms with Crippen molar-refractivity contribution in [1.82, 2.24) is 5.23 Å². The lowest BCUT2D eigenvalue weighted by Gasteiger charge is -2.46. The maximum absolute atomic E-state index is 13.2. The maximum atomic E-state index is 13.2. The molecule has 48 heavy (non-hydrogen) atoms. The van der Waals surface area contributed by atoms with Crippen LogP contribution in [0.5, 0.6) is 5.75 Å². The fourth-order valence-corrected chi connectivity index (χ4v) is 6.06. The smallest absolute Gasteiger partial charge is 0.343 e. The summed E-state index contributed by atoms with van der Waals surface area (Å²) in [6, 6.07) is 14.8. The van der Waals surface area contributed by atoms with Gasteiger partial charge < -0.3 is 59.5 Å². The van der Waals surface area contributed by atoms with E-state index in [2.05, 4.69) is 0 Å². The van der Waals surface area contributed by atoms with Gasteiger partial charge in [0.1, 0.15) is 60.2 Å². The molecule has 0 radical (unpaired) electrons. The summed E-state index contributed by atoms with van der Waals surface area (Å²) >= 11 is 0. The minimum atomic E-state index is -1.82. The molecule has 2 aromatic carbocycles. The van der Waals surface area contributed by atoms with Gasteiger partial charge in [-0.2, -0.15) is 0 Å². The quantitative estimate of drug-likeness (QED) is 0.0831. The highest BCUT2D eigenvalue weighted by atomic mass is 17.0. The lowest BCUT2D eigenvalue weighted by molar-refractivity contribution is -0.458. The van der Waals surface area contributed by atoms with Crippen molar-refractivity contribution in [3.8, 4) is 5.75 Å². The van der Waals surface area contributed by atoms with Crippen molar-refractivity contribution in [1.29, 1.82) is 0 Å². The Hall–Kier alpha value is -3.07. The molecule has 0 spiro atoms. The van der Waals surface area contributed by atoms with E-state index in [9.17, 15) is 45.6 Å². The third-order valence-electron chi connectivity index (χ3n) is 8.66. The van der Waals surface area contributed by atoms with Gasteiger partial charge >= 0.3 is 5.63 Å². The number of hydroxylamine groups is 2. The summed E-state index contributed by atoms with van der Waals surface area (Å²) in [6.07, 6.45) is -16.3. The standard InChI is InChI=1S/C32H41NO15/c1-15(12-18(16-8-4-3-5-9-16)22-23(36)17-10-6-7-11-19(17)44-30(22)42)33(43-2)48-32-28(41)26(39)29(21(14-35)46-32)47-31-27(40)25(38)24(37)20(13-34)45-31/h3-11,15,18,20-21,24-29,31-32,34-41H,12-14H2,1-2H3/t15?,18?,20-,21-,24+,25+,26-,27-,28-,29-,31+,32?/m1/s1. The Morgan fingerprint density at radius 1 is 0.812 bits per heavy atom. The molecule has 2 saturated heterocycles. The van der Waals surface area contributed by atoms with E-state index in [0.29, 0.717) is 10.9 Å². The van der Waals surface area contributed by atoms with Crippen molar-refractivity contribution in [2.75, 3.05) is 20.3 Å². The van der Waals surface area contributed by atoms with E-state index in [1.54, 1.807) is 61.5 Å². The summed E-state index contributed by atoms with van der Waals surface area (Å²) in [5.41, 5.74) is 0.180. The van der Waals surface area contributed by atoms with Crippen LogP contribution in [0.1, 0.15) is 30.4 Å². The first-order valence-electron chi connectivity index (χ1n) is 15.4. The van der Waals surface area contributed by atoms with Gasteiger partial charge in [0.25, 0.3) is 0 Å². The van der Waals surface area contributed by atoms with Crippen LogP contribution in [0.4, 0.5) is 0 Å². The molecule has 0 bridgehead atoms. The number of aromatic hydroxyl groups is 1. The van der Waals surface area contributed by atoms with Crippen LogP contribution in [0.3, 0.4) is 0 Å². The lowest BCUT2D eigenvalue weighted by Crippen LogP contribution is -2.65. The Balaban J connectivity index is 1.34. The van der Waals surface area contributed by atoms with E-state index < -0.39 is 92.2 Å². The third-order valence-corrected chi connectivity index (χ3v) is 8.66. The highest BCUT2D eigenvalue weighted by molar-refractivity contribution is 5.84. The van der Waals surface area contributed by atoms with Crippen molar-refractivity contribution >= 4 is 11.0 Å². The van der Waals surface area contributed by atoms with E-state index in [-0.39, 0.29) is 23.3 Å². The number of aliphatic hydroxyl groups is 7. The molecule has 2 aliphatic heterocycles. The summed E-state index contributed by atoms with van der Waals surface area (Å²) in [5, 5.41) is 84.6. The van der Waals surface area contributed by atoms with Gasteiger partial charge in [0.2, 0.25) is 6.29 Å². The molecule has 0 saturated carbocycles. The number of nitrogens with zero attached hydrogens (tertiary/aromatic N) is 1. The first kappa shape index (κ1) is 36.2. The Labute approximate surface area is 274 Å². The van der Waals surface area contributed by atoms with Crippen molar-refractivity contribution in [2.45, 2.75) is 86.7 Å². The summed E-state index contributed by atoms with van der Waals surface area (Å²) in [7, 11) is 1.27. The lowest BCUT2D eigenvalue weighted by atomic mass is 9.86. The molecule has 16 heteroatoms. The van der Waals surface area contributed by atoms with E-state index in [1.807, 2.05) is 0 Å². The zero-order chi connectivity index (χ0) is 34.7. The zero-order valence-corrected chi connectivity index (χ0v) is 26.1. The Bertz CT molecular complexity index is 1540. The van der Waals surface area contributed by atoms with Crippen molar-refractivity contribution < 1.29 is 69.2 Å². The molecule has 2 aliphatic rings. The summed E-state index contributed by atoms with van der Waals surface area (Å²) in [5.74, 6) is -0.967. The number of ether oxygens (including phenoxy) is 3. The van der Waals surface area contributed by atoms with Crippen LogP contribution in [0.15, 0.2) is 63.8 Å². The van der Waals surface area contributed by atoms with E-state index in [1.165, 1.54) is 7.11 Å². The van der Waals surface area contributed by atoms with Crippen LogP contribution in [0.2, 0.25) is 0 Å². The molecule has 12 atom stereocenters. The molecule has 5 rings (SSSR count). The highest BCUT2D eigenvalue weighted by Gasteiger charge is 2.51. The third kappa shape index (κ3) is 7.26. The number of rotatable bonds is 12. The molecular weight excluding hydrogens is 638 g/mol. The van der Waals surface area contributed by atoms with Gasteiger partial charge in [-0.3, -0.25) is 4.84 Å². The second kappa shape index (κ2) is 15.6. The van der Waals surface area contributed by atoms with Crippen molar-refractivity contribution in [3.05, 3.63) is 76.1 Å². The van der Waals surface area contributed by atoms with Crippen molar-refractivity contribution in [3.63, 3.8) is 0 Å². The minimum absolute atomic E-state index is 0.0145. The molecule has 1 aromatic heterocycles. The molecule has 8 N–H and O–H groups in total. The van der Waals surface area contributed by atoms with E-state index in [4.69, 9.17) is 28.3 Å². The van der Waals surface area contributed by atoms with Crippen molar-refractivity contribution in [2.24, 2.45) is 0 Å². The van der Waals surface area contributed by atoms with Gasteiger partial charge in [-0.05, 0) is 31.0 Å². The molecule has 0 aliphatic carbocycles. The number of hydrogen-bond acceptors (Lipinski definition) is 16. The fraction of sp³-hybridized carbons (Fsp3) is 0.531. The van der Waals surface area contributed by atoms with Gasteiger partial charge in [-0.25, -0.2) is 9.63 Å². The largest absolute Gasteiger partial charge is 0.507 e. The topological polar surface area (TPSA) is 241 Å². The predicted molar refractivity (Wildman–Crippen MR) is 163 cm³/mol. The van der Waals surface area contributed by atoms with Crippen LogP contribution in [-0.2, 0) is 23.9 Å².